The lowest BCUT2D eigenvalue weighted by atomic mass is 10.1. The Morgan fingerprint density at radius 2 is 1.75 bits per heavy atom. The fourth-order valence-corrected chi connectivity index (χ4v) is 2.88. The molecule has 0 spiro atoms. The predicted octanol–water partition coefficient (Wildman–Crippen LogP) is 1.88. The minimum Gasteiger partial charge on any atom is -0.368 e. The maximum Gasteiger partial charge on any atom is 0.273 e. The molecule has 0 unspecified atom stereocenters. The zero-order chi connectivity index (χ0) is 16.9. The SMILES string of the molecule is O=C(Cc1ccccc1[N+](=O)[O-])N1CCN(c2ccncc2)CC1. The second-order valence-electron chi connectivity index (χ2n) is 5.64. The van der Waals surface area contributed by atoms with Crippen LogP contribution in [-0.4, -0.2) is 46.9 Å². The van der Waals surface area contributed by atoms with E-state index in [0.717, 1.165) is 18.8 Å². The van der Waals surface area contributed by atoms with Crippen LogP contribution >= 0.6 is 0 Å². The minimum absolute atomic E-state index is 0.00118. The fourth-order valence-electron chi connectivity index (χ4n) is 2.88. The number of para-hydroxylation sites is 1. The molecule has 2 aromatic rings. The van der Waals surface area contributed by atoms with Crippen molar-refractivity contribution < 1.29 is 9.72 Å². The van der Waals surface area contributed by atoms with Gasteiger partial charge >= 0.3 is 0 Å². The van der Waals surface area contributed by atoms with Crippen molar-refractivity contribution in [1.82, 2.24) is 9.88 Å². The van der Waals surface area contributed by atoms with Crippen molar-refractivity contribution in [2.24, 2.45) is 0 Å². The van der Waals surface area contributed by atoms with E-state index in [1.807, 2.05) is 12.1 Å². The number of carbonyl (C=O) groups excluding carboxylic acids is 1. The van der Waals surface area contributed by atoms with E-state index in [4.69, 9.17) is 0 Å². The molecule has 24 heavy (non-hydrogen) atoms. The van der Waals surface area contributed by atoms with Crippen LogP contribution in [-0.2, 0) is 11.2 Å². The lowest BCUT2D eigenvalue weighted by molar-refractivity contribution is -0.385. The summed E-state index contributed by atoms with van der Waals surface area (Å²) in [6, 6.07) is 10.3. The number of carbonyl (C=O) groups is 1. The van der Waals surface area contributed by atoms with Gasteiger partial charge in [-0.1, -0.05) is 18.2 Å². The zero-order valence-electron chi connectivity index (χ0n) is 13.2. The largest absolute Gasteiger partial charge is 0.368 e. The molecule has 124 valence electrons. The normalized spacial score (nSPS) is 14.5. The average molecular weight is 326 g/mol. The number of hydrogen-bond acceptors (Lipinski definition) is 5. The van der Waals surface area contributed by atoms with Gasteiger partial charge in [0.25, 0.3) is 5.69 Å². The van der Waals surface area contributed by atoms with Crippen LogP contribution in [0.5, 0.6) is 0 Å². The number of hydrogen-bond donors (Lipinski definition) is 0. The summed E-state index contributed by atoms with van der Waals surface area (Å²) in [5, 5.41) is 11.0. The molecular formula is C17H18N4O3. The number of aromatic nitrogens is 1. The smallest absolute Gasteiger partial charge is 0.273 e. The van der Waals surface area contributed by atoms with Gasteiger partial charge in [-0.3, -0.25) is 19.9 Å². The van der Waals surface area contributed by atoms with Crippen molar-refractivity contribution in [3.63, 3.8) is 0 Å². The van der Waals surface area contributed by atoms with Crippen molar-refractivity contribution in [3.8, 4) is 0 Å². The van der Waals surface area contributed by atoms with Crippen molar-refractivity contribution in [3.05, 3.63) is 64.5 Å². The third-order valence-electron chi connectivity index (χ3n) is 4.19. The molecular weight excluding hydrogens is 308 g/mol. The quantitative estimate of drug-likeness (QED) is 0.633. The van der Waals surface area contributed by atoms with Crippen molar-refractivity contribution in [2.75, 3.05) is 31.1 Å². The summed E-state index contributed by atoms with van der Waals surface area (Å²) < 4.78 is 0. The summed E-state index contributed by atoms with van der Waals surface area (Å²) in [4.78, 5) is 31.1. The first-order valence-electron chi connectivity index (χ1n) is 7.80. The summed E-state index contributed by atoms with van der Waals surface area (Å²) >= 11 is 0. The van der Waals surface area contributed by atoms with Crippen LogP contribution in [0.1, 0.15) is 5.56 Å². The monoisotopic (exact) mass is 326 g/mol. The Bertz CT molecular complexity index is 728. The van der Waals surface area contributed by atoms with E-state index < -0.39 is 4.92 Å². The van der Waals surface area contributed by atoms with E-state index in [1.54, 1.807) is 35.5 Å². The Morgan fingerprint density at radius 1 is 1.08 bits per heavy atom. The van der Waals surface area contributed by atoms with Crippen molar-refractivity contribution >= 4 is 17.3 Å². The highest BCUT2D eigenvalue weighted by molar-refractivity contribution is 5.80. The first-order chi connectivity index (χ1) is 11.6. The Morgan fingerprint density at radius 3 is 2.42 bits per heavy atom. The molecule has 0 atom stereocenters. The standard InChI is InChI=1S/C17H18N4O3/c22-17(13-14-3-1-2-4-16(14)21(23)24)20-11-9-19(10-12-20)15-5-7-18-8-6-15/h1-8H,9-13H2. The van der Waals surface area contributed by atoms with Gasteiger partial charge < -0.3 is 9.80 Å². The van der Waals surface area contributed by atoms with E-state index in [2.05, 4.69) is 9.88 Å². The predicted molar refractivity (Wildman–Crippen MR) is 89.8 cm³/mol. The van der Waals surface area contributed by atoms with Crippen LogP contribution < -0.4 is 4.90 Å². The van der Waals surface area contributed by atoms with Crippen molar-refractivity contribution in [1.29, 1.82) is 0 Å². The molecule has 0 saturated carbocycles. The topological polar surface area (TPSA) is 79.6 Å². The number of amides is 1. The van der Waals surface area contributed by atoms with Gasteiger partial charge in [-0.15, -0.1) is 0 Å². The highest BCUT2D eigenvalue weighted by Gasteiger charge is 2.23. The summed E-state index contributed by atoms with van der Waals surface area (Å²) in [6.07, 6.45) is 3.56. The number of piperazine rings is 1. The van der Waals surface area contributed by atoms with Crippen LogP contribution in [0.15, 0.2) is 48.8 Å². The molecule has 2 heterocycles. The number of rotatable bonds is 4. The summed E-state index contributed by atoms with van der Waals surface area (Å²) in [5.74, 6) is -0.0707. The zero-order valence-corrected chi connectivity index (χ0v) is 13.2. The minimum atomic E-state index is -0.440. The summed E-state index contributed by atoms with van der Waals surface area (Å²) in [6.45, 7) is 2.71. The van der Waals surface area contributed by atoms with Gasteiger partial charge in [0.2, 0.25) is 5.91 Å². The molecule has 1 amide bonds. The van der Waals surface area contributed by atoms with Crippen molar-refractivity contribution in [2.45, 2.75) is 6.42 Å². The number of nitro groups is 1. The fraction of sp³-hybridized carbons (Fsp3) is 0.294. The molecule has 1 saturated heterocycles. The van der Waals surface area contributed by atoms with Gasteiger partial charge in [0.05, 0.1) is 11.3 Å². The maximum atomic E-state index is 12.5. The number of anilines is 1. The molecule has 1 aromatic heterocycles. The number of nitro benzene ring substituents is 1. The van der Waals surface area contributed by atoms with Crippen LogP contribution in [0.2, 0.25) is 0 Å². The molecule has 1 fully saturated rings. The second kappa shape index (κ2) is 7.08. The molecule has 0 bridgehead atoms. The Kier molecular flexibility index (Phi) is 4.69. The van der Waals surface area contributed by atoms with Gasteiger partial charge in [-0.2, -0.15) is 0 Å². The lowest BCUT2D eigenvalue weighted by Crippen LogP contribution is -2.49. The lowest BCUT2D eigenvalue weighted by Gasteiger charge is -2.36. The highest BCUT2D eigenvalue weighted by Crippen LogP contribution is 2.20. The van der Waals surface area contributed by atoms with Crippen LogP contribution in [0.4, 0.5) is 11.4 Å². The van der Waals surface area contributed by atoms with Crippen LogP contribution in [0.25, 0.3) is 0 Å². The average Bonchev–Trinajstić information content (AvgIpc) is 2.63. The van der Waals surface area contributed by atoms with E-state index >= 15 is 0 Å². The molecule has 0 aliphatic carbocycles. The molecule has 1 aliphatic rings. The second-order valence-corrected chi connectivity index (χ2v) is 5.64. The molecule has 3 rings (SSSR count). The maximum absolute atomic E-state index is 12.5. The van der Waals surface area contributed by atoms with Gasteiger partial charge in [0.15, 0.2) is 0 Å². The number of nitrogens with zero attached hydrogens (tertiary/aromatic N) is 4. The van der Waals surface area contributed by atoms with E-state index in [0.29, 0.717) is 18.7 Å². The molecule has 7 nitrogen and oxygen atoms in total. The van der Waals surface area contributed by atoms with Crippen LogP contribution in [0, 0.1) is 10.1 Å². The molecule has 7 heteroatoms. The molecule has 0 radical (unpaired) electrons. The van der Waals surface area contributed by atoms with Gasteiger partial charge in [-0.25, -0.2) is 0 Å². The highest BCUT2D eigenvalue weighted by atomic mass is 16.6. The Hall–Kier alpha value is -2.96. The number of benzene rings is 1. The van der Waals surface area contributed by atoms with E-state index in [9.17, 15) is 14.9 Å². The molecule has 1 aliphatic heterocycles. The Balaban J connectivity index is 1.61. The Labute approximate surface area is 139 Å². The van der Waals surface area contributed by atoms with E-state index in [1.165, 1.54) is 6.07 Å². The van der Waals surface area contributed by atoms with Crippen LogP contribution in [0.3, 0.4) is 0 Å². The van der Waals surface area contributed by atoms with Gasteiger partial charge in [-0.05, 0) is 12.1 Å². The first-order valence-corrected chi connectivity index (χ1v) is 7.80. The third kappa shape index (κ3) is 3.51. The summed E-state index contributed by atoms with van der Waals surface area (Å²) in [7, 11) is 0. The molecule has 1 aromatic carbocycles. The van der Waals surface area contributed by atoms with Gasteiger partial charge in [0, 0.05) is 55.9 Å². The number of pyridine rings is 1. The van der Waals surface area contributed by atoms with Gasteiger partial charge in [0.1, 0.15) is 0 Å². The molecule has 0 N–H and O–H groups in total. The first kappa shape index (κ1) is 15.9. The van der Waals surface area contributed by atoms with E-state index in [-0.39, 0.29) is 18.0 Å². The third-order valence-corrected chi connectivity index (χ3v) is 4.19. The summed E-state index contributed by atoms with van der Waals surface area (Å²) in [5.41, 5.74) is 1.56.